The van der Waals surface area contributed by atoms with Crippen LogP contribution in [0.2, 0.25) is 0 Å². The summed E-state index contributed by atoms with van der Waals surface area (Å²) in [5.41, 5.74) is 5.73. The zero-order valence-corrected chi connectivity index (χ0v) is 17.8. The van der Waals surface area contributed by atoms with Crippen LogP contribution in [0.15, 0.2) is 46.5 Å². The first-order chi connectivity index (χ1) is 13.9. The van der Waals surface area contributed by atoms with Gasteiger partial charge in [-0.25, -0.2) is 0 Å². The minimum Gasteiger partial charge on any atom is -0.354 e. The summed E-state index contributed by atoms with van der Waals surface area (Å²) in [6.45, 7) is 9.30. The number of amidine groups is 1. The summed E-state index contributed by atoms with van der Waals surface area (Å²) in [7, 11) is 0. The Morgan fingerprint density at radius 3 is 2.93 bits per heavy atom. The van der Waals surface area contributed by atoms with Crippen LogP contribution in [0.3, 0.4) is 0 Å². The summed E-state index contributed by atoms with van der Waals surface area (Å²) >= 11 is 0. The van der Waals surface area contributed by atoms with E-state index in [9.17, 15) is 0 Å². The molecule has 0 bridgehead atoms. The number of nitrogens with zero attached hydrogens (tertiary/aromatic N) is 3. The predicted octanol–water partition coefficient (Wildman–Crippen LogP) is 5.70. The fourth-order valence-corrected chi connectivity index (χ4v) is 4.40. The molecule has 0 spiro atoms. The molecule has 0 aromatic heterocycles. The molecule has 1 aromatic rings. The maximum Gasteiger partial charge on any atom is 0.146 e. The molecule has 2 aliphatic heterocycles. The van der Waals surface area contributed by atoms with E-state index in [2.05, 4.69) is 48.3 Å². The SMILES string of the molecule is CC.CCCN1CCN=C1C1=NC=CCC1CCc1cccc2c1CCC=C2. The molecule has 1 atom stereocenters. The van der Waals surface area contributed by atoms with E-state index in [1.807, 2.05) is 20.0 Å². The summed E-state index contributed by atoms with van der Waals surface area (Å²) < 4.78 is 0. The number of aryl methyl sites for hydroxylation is 1. The van der Waals surface area contributed by atoms with Gasteiger partial charge in [0, 0.05) is 25.2 Å². The van der Waals surface area contributed by atoms with Gasteiger partial charge in [-0.2, -0.15) is 0 Å². The monoisotopic (exact) mass is 377 g/mol. The molecule has 150 valence electrons. The lowest BCUT2D eigenvalue weighted by Crippen LogP contribution is -2.38. The number of allylic oxidation sites excluding steroid dienone is 2. The van der Waals surface area contributed by atoms with Crippen molar-refractivity contribution in [2.45, 2.75) is 59.3 Å². The minimum absolute atomic E-state index is 0.492. The van der Waals surface area contributed by atoms with Gasteiger partial charge in [0.2, 0.25) is 0 Å². The summed E-state index contributed by atoms with van der Waals surface area (Å²) in [4.78, 5) is 12.0. The Labute approximate surface area is 171 Å². The first kappa shape index (κ1) is 20.6. The molecule has 0 N–H and O–H groups in total. The highest BCUT2D eigenvalue weighted by molar-refractivity contribution is 6.42. The Bertz CT molecular complexity index is 770. The van der Waals surface area contributed by atoms with E-state index in [1.165, 1.54) is 35.5 Å². The van der Waals surface area contributed by atoms with Gasteiger partial charge in [-0.05, 0) is 55.2 Å². The van der Waals surface area contributed by atoms with Crippen LogP contribution in [0.4, 0.5) is 0 Å². The summed E-state index contributed by atoms with van der Waals surface area (Å²) in [5.74, 6) is 1.66. The van der Waals surface area contributed by atoms with Crippen molar-refractivity contribution in [2.24, 2.45) is 15.9 Å². The topological polar surface area (TPSA) is 28.0 Å². The van der Waals surface area contributed by atoms with Crippen molar-refractivity contribution in [1.29, 1.82) is 0 Å². The van der Waals surface area contributed by atoms with Gasteiger partial charge in [-0.15, -0.1) is 0 Å². The average Bonchev–Trinajstić information content (AvgIpc) is 3.22. The highest BCUT2D eigenvalue weighted by Gasteiger charge is 2.28. The van der Waals surface area contributed by atoms with E-state index in [0.29, 0.717) is 5.92 Å². The average molecular weight is 378 g/mol. The van der Waals surface area contributed by atoms with Crippen LogP contribution in [0.5, 0.6) is 0 Å². The maximum absolute atomic E-state index is 4.80. The van der Waals surface area contributed by atoms with Crippen LogP contribution in [-0.2, 0) is 12.8 Å². The van der Waals surface area contributed by atoms with Gasteiger partial charge in [-0.3, -0.25) is 9.98 Å². The van der Waals surface area contributed by atoms with Gasteiger partial charge in [0.1, 0.15) is 5.84 Å². The highest BCUT2D eigenvalue weighted by Crippen LogP contribution is 2.27. The molecule has 28 heavy (non-hydrogen) atoms. The van der Waals surface area contributed by atoms with E-state index < -0.39 is 0 Å². The quantitative estimate of drug-likeness (QED) is 0.624. The zero-order chi connectivity index (χ0) is 19.8. The number of benzene rings is 1. The van der Waals surface area contributed by atoms with E-state index >= 15 is 0 Å². The van der Waals surface area contributed by atoms with E-state index in [4.69, 9.17) is 9.98 Å². The molecule has 0 radical (unpaired) electrons. The third-order valence-electron chi connectivity index (χ3n) is 5.71. The van der Waals surface area contributed by atoms with Crippen molar-refractivity contribution in [3.8, 4) is 0 Å². The maximum atomic E-state index is 4.80. The van der Waals surface area contributed by atoms with E-state index in [1.54, 1.807) is 5.56 Å². The van der Waals surface area contributed by atoms with Crippen molar-refractivity contribution >= 4 is 17.6 Å². The minimum atomic E-state index is 0.492. The van der Waals surface area contributed by atoms with Crippen LogP contribution in [0.1, 0.15) is 63.1 Å². The first-order valence-corrected chi connectivity index (χ1v) is 11.2. The first-order valence-electron chi connectivity index (χ1n) is 11.2. The molecule has 1 unspecified atom stereocenters. The molecule has 3 aliphatic rings. The largest absolute Gasteiger partial charge is 0.354 e. The molecular weight excluding hydrogens is 342 g/mol. The van der Waals surface area contributed by atoms with Crippen molar-refractivity contribution in [3.63, 3.8) is 0 Å². The summed E-state index contributed by atoms with van der Waals surface area (Å²) in [5, 5.41) is 0. The molecule has 3 nitrogen and oxygen atoms in total. The lowest BCUT2D eigenvalue weighted by Gasteiger charge is -2.26. The number of hydrogen-bond donors (Lipinski definition) is 0. The fourth-order valence-electron chi connectivity index (χ4n) is 4.40. The second-order valence-electron chi connectivity index (χ2n) is 7.49. The number of aliphatic imine (C=N–C) groups is 2. The van der Waals surface area contributed by atoms with Crippen molar-refractivity contribution in [2.75, 3.05) is 19.6 Å². The van der Waals surface area contributed by atoms with Gasteiger partial charge >= 0.3 is 0 Å². The Morgan fingerprint density at radius 1 is 1.18 bits per heavy atom. The van der Waals surface area contributed by atoms with Crippen LogP contribution in [0.25, 0.3) is 6.08 Å². The van der Waals surface area contributed by atoms with E-state index in [0.717, 1.165) is 45.3 Å². The van der Waals surface area contributed by atoms with Crippen LogP contribution < -0.4 is 0 Å². The lowest BCUT2D eigenvalue weighted by molar-refractivity contribution is 0.457. The fraction of sp³-hybridized carbons (Fsp3) is 0.520. The molecule has 0 saturated heterocycles. The normalized spacial score (nSPS) is 20.2. The zero-order valence-electron chi connectivity index (χ0n) is 17.8. The van der Waals surface area contributed by atoms with E-state index in [-0.39, 0.29) is 0 Å². The molecule has 0 amide bonds. The number of hydrogen-bond acceptors (Lipinski definition) is 3. The second-order valence-corrected chi connectivity index (χ2v) is 7.49. The van der Waals surface area contributed by atoms with Crippen molar-refractivity contribution in [1.82, 2.24) is 4.90 Å². The molecule has 1 aliphatic carbocycles. The molecule has 0 fully saturated rings. The summed E-state index contributed by atoms with van der Waals surface area (Å²) in [6, 6.07) is 6.79. The van der Waals surface area contributed by atoms with Crippen molar-refractivity contribution < 1.29 is 0 Å². The highest BCUT2D eigenvalue weighted by atomic mass is 15.2. The molecular formula is C25H35N3. The third kappa shape index (κ3) is 4.63. The number of fused-ring (bicyclic) bond motifs is 1. The van der Waals surface area contributed by atoms with Crippen LogP contribution >= 0.6 is 0 Å². The smallest absolute Gasteiger partial charge is 0.146 e. The Balaban J connectivity index is 0.00000109. The Morgan fingerprint density at radius 2 is 2.07 bits per heavy atom. The Hall–Kier alpha value is -2.16. The second kappa shape index (κ2) is 10.4. The summed E-state index contributed by atoms with van der Waals surface area (Å²) in [6.07, 6.45) is 15.7. The Kier molecular flexibility index (Phi) is 7.64. The van der Waals surface area contributed by atoms with Gasteiger partial charge in [0.05, 0.1) is 12.3 Å². The van der Waals surface area contributed by atoms with Crippen LogP contribution in [0, 0.1) is 5.92 Å². The van der Waals surface area contributed by atoms with Crippen LogP contribution in [-0.4, -0.2) is 36.1 Å². The molecule has 4 rings (SSSR count). The third-order valence-corrected chi connectivity index (χ3v) is 5.71. The molecule has 3 heteroatoms. The molecule has 2 heterocycles. The van der Waals surface area contributed by atoms with Gasteiger partial charge in [0.25, 0.3) is 0 Å². The number of rotatable bonds is 6. The lowest BCUT2D eigenvalue weighted by atomic mass is 9.86. The standard InChI is InChI=1S/C23H29N3.C2H6/c1-2-16-26-17-15-25-23(26)22-20(10-6-14-24-22)13-12-19-9-5-8-18-7-3-4-11-21(18)19;1-2/h3,5-9,14,20H,2,4,10-13,15-17H2,1H3;1-2H3. The molecule has 0 saturated carbocycles. The van der Waals surface area contributed by atoms with Gasteiger partial charge < -0.3 is 4.90 Å². The predicted molar refractivity (Wildman–Crippen MR) is 122 cm³/mol. The van der Waals surface area contributed by atoms with Crippen molar-refractivity contribution in [3.05, 3.63) is 53.2 Å². The van der Waals surface area contributed by atoms with Gasteiger partial charge in [-0.1, -0.05) is 57.2 Å². The molecule has 1 aromatic carbocycles. The van der Waals surface area contributed by atoms with Gasteiger partial charge in [0.15, 0.2) is 0 Å².